The number of benzene rings is 2. The van der Waals surface area contributed by atoms with Gasteiger partial charge in [0.25, 0.3) is 0 Å². The van der Waals surface area contributed by atoms with Crippen LogP contribution in [0.25, 0.3) is 11.0 Å². The van der Waals surface area contributed by atoms with E-state index in [0.717, 1.165) is 56.9 Å². The summed E-state index contributed by atoms with van der Waals surface area (Å²) < 4.78 is 0. The summed E-state index contributed by atoms with van der Waals surface area (Å²) in [5.41, 5.74) is 3.28. The highest BCUT2D eigenvalue weighted by molar-refractivity contribution is 6.31. The number of imidazole rings is 1. The number of fused-ring (bicyclic) bond motifs is 4. The molecule has 0 bridgehead atoms. The van der Waals surface area contributed by atoms with E-state index in [1.165, 1.54) is 0 Å². The van der Waals surface area contributed by atoms with Crippen LogP contribution in [0.2, 0.25) is 0 Å². The lowest BCUT2D eigenvalue weighted by molar-refractivity contribution is 0.0980. The fraction of sp³-hybridized carbons (Fsp3) is 0.348. The average Bonchev–Trinajstić information content (AvgIpc) is 3.16. The SMILES string of the molecule is CN1CCN(CCCc2nc3c4c(ccc3[nH]2)C(=O)c2ccccc2C4=O)CC1. The molecule has 0 radical (unpaired) electrons. The number of carbonyl (C=O) groups is 2. The standard InChI is InChI=1S/C23H24N4O2/c1-26-11-13-27(14-12-26)10-4-7-19-24-18-9-8-17-20(21(18)25-19)23(29)16-6-3-2-5-15(16)22(17)28/h2-3,5-6,8-9H,4,7,10-14H2,1H3,(H,24,25). The molecule has 148 valence electrons. The van der Waals surface area contributed by atoms with Gasteiger partial charge in [-0.25, -0.2) is 4.98 Å². The Morgan fingerprint density at radius 1 is 0.931 bits per heavy atom. The van der Waals surface area contributed by atoms with Crippen LogP contribution in [0.1, 0.15) is 44.1 Å². The maximum Gasteiger partial charge on any atom is 0.196 e. The maximum absolute atomic E-state index is 13.1. The number of ketones is 2. The zero-order chi connectivity index (χ0) is 20.0. The molecule has 1 saturated heterocycles. The second-order valence-electron chi connectivity index (χ2n) is 8.02. The normalized spacial score (nSPS) is 17.6. The van der Waals surface area contributed by atoms with E-state index in [-0.39, 0.29) is 11.6 Å². The first-order chi connectivity index (χ1) is 14.1. The molecule has 6 heteroatoms. The van der Waals surface area contributed by atoms with Gasteiger partial charge in [0.05, 0.1) is 11.1 Å². The highest BCUT2D eigenvalue weighted by Crippen LogP contribution is 2.31. The fourth-order valence-corrected chi connectivity index (χ4v) is 4.36. The number of aryl methyl sites for hydroxylation is 1. The van der Waals surface area contributed by atoms with Gasteiger partial charge in [-0.2, -0.15) is 0 Å². The van der Waals surface area contributed by atoms with Crippen LogP contribution in [0.5, 0.6) is 0 Å². The molecule has 1 aromatic heterocycles. The van der Waals surface area contributed by atoms with E-state index in [9.17, 15) is 9.59 Å². The molecule has 2 aromatic carbocycles. The fourth-order valence-electron chi connectivity index (χ4n) is 4.36. The van der Waals surface area contributed by atoms with Gasteiger partial charge in [0, 0.05) is 49.3 Å². The number of piperazine rings is 1. The van der Waals surface area contributed by atoms with E-state index >= 15 is 0 Å². The van der Waals surface area contributed by atoms with Crippen molar-refractivity contribution in [2.45, 2.75) is 12.8 Å². The molecule has 0 unspecified atom stereocenters. The number of aromatic nitrogens is 2. The minimum Gasteiger partial charge on any atom is -0.342 e. The number of hydrogen-bond donors (Lipinski definition) is 1. The van der Waals surface area contributed by atoms with Crippen molar-refractivity contribution in [1.29, 1.82) is 0 Å². The molecule has 6 nitrogen and oxygen atoms in total. The predicted octanol–water partition coefficient (Wildman–Crippen LogP) is 2.52. The van der Waals surface area contributed by atoms with Gasteiger partial charge in [-0.1, -0.05) is 24.3 Å². The van der Waals surface area contributed by atoms with Crippen molar-refractivity contribution in [3.8, 4) is 0 Å². The van der Waals surface area contributed by atoms with Crippen molar-refractivity contribution in [2.75, 3.05) is 39.8 Å². The molecule has 0 amide bonds. The number of nitrogens with one attached hydrogen (secondary N) is 1. The highest BCUT2D eigenvalue weighted by atomic mass is 16.1. The van der Waals surface area contributed by atoms with Crippen molar-refractivity contribution in [3.05, 3.63) is 64.5 Å². The van der Waals surface area contributed by atoms with Crippen LogP contribution in [-0.2, 0) is 6.42 Å². The second kappa shape index (κ2) is 7.21. The van der Waals surface area contributed by atoms with E-state index in [4.69, 9.17) is 4.98 Å². The van der Waals surface area contributed by atoms with E-state index < -0.39 is 0 Å². The summed E-state index contributed by atoms with van der Waals surface area (Å²) in [5.74, 6) is 0.662. The van der Waals surface area contributed by atoms with Gasteiger partial charge in [-0.3, -0.25) is 9.59 Å². The maximum atomic E-state index is 13.1. The van der Waals surface area contributed by atoms with Crippen LogP contribution in [0.15, 0.2) is 36.4 Å². The quantitative estimate of drug-likeness (QED) is 0.582. The van der Waals surface area contributed by atoms with Crippen LogP contribution in [0.4, 0.5) is 0 Å². The average molecular weight is 388 g/mol. The summed E-state index contributed by atoms with van der Waals surface area (Å²) in [6.45, 7) is 5.51. The molecule has 1 fully saturated rings. The number of aromatic amines is 1. The summed E-state index contributed by atoms with van der Waals surface area (Å²) in [6, 6.07) is 10.6. The van der Waals surface area contributed by atoms with E-state index in [2.05, 4.69) is 21.8 Å². The Bertz CT molecular complexity index is 1110. The predicted molar refractivity (Wildman–Crippen MR) is 112 cm³/mol. The largest absolute Gasteiger partial charge is 0.342 e. The topological polar surface area (TPSA) is 69.3 Å². The Hall–Kier alpha value is -2.83. The van der Waals surface area contributed by atoms with Gasteiger partial charge in [0.15, 0.2) is 11.6 Å². The summed E-state index contributed by atoms with van der Waals surface area (Å²) in [5, 5.41) is 0. The minimum absolute atomic E-state index is 0.100. The van der Waals surface area contributed by atoms with Crippen molar-refractivity contribution in [3.63, 3.8) is 0 Å². The van der Waals surface area contributed by atoms with E-state index in [1.54, 1.807) is 30.3 Å². The molecule has 2 aliphatic rings. The van der Waals surface area contributed by atoms with Crippen LogP contribution < -0.4 is 0 Å². The highest BCUT2D eigenvalue weighted by Gasteiger charge is 2.31. The summed E-state index contributed by atoms with van der Waals surface area (Å²) >= 11 is 0. The van der Waals surface area contributed by atoms with Crippen molar-refractivity contribution >= 4 is 22.6 Å². The molecule has 0 atom stereocenters. The molecule has 2 heterocycles. The van der Waals surface area contributed by atoms with Gasteiger partial charge in [0.1, 0.15) is 11.3 Å². The van der Waals surface area contributed by atoms with Gasteiger partial charge in [-0.15, -0.1) is 0 Å². The lowest BCUT2D eigenvalue weighted by Crippen LogP contribution is -2.44. The third-order valence-corrected chi connectivity index (χ3v) is 6.08. The number of H-pyrrole nitrogens is 1. The van der Waals surface area contributed by atoms with Gasteiger partial charge >= 0.3 is 0 Å². The molecule has 29 heavy (non-hydrogen) atoms. The molecular weight excluding hydrogens is 364 g/mol. The molecule has 3 aromatic rings. The number of rotatable bonds is 4. The molecule has 0 saturated carbocycles. The van der Waals surface area contributed by atoms with Crippen LogP contribution >= 0.6 is 0 Å². The lowest BCUT2D eigenvalue weighted by atomic mass is 9.83. The summed E-state index contributed by atoms with van der Waals surface area (Å²) in [7, 11) is 2.16. The molecule has 1 aliphatic heterocycles. The molecule has 0 spiro atoms. The molecule has 1 N–H and O–H groups in total. The number of likely N-dealkylation sites (N-methyl/N-ethyl adjacent to an activating group) is 1. The zero-order valence-corrected chi connectivity index (χ0v) is 16.6. The van der Waals surface area contributed by atoms with Crippen LogP contribution in [0.3, 0.4) is 0 Å². The van der Waals surface area contributed by atoms with E-state index in [0.29, 0.717) is 27.8 Å². The van der Waals surface area contributed by atoms with Crippen LogP contribution in [-0.4, -0.2) is 71.1 Å². The first kappa shape index (κ1) is 18.2. The Labute approximate surface area is 169 Å². The Kier molecular flexibility index (Phi) is 4.53. The summed E-state index contributed by atoms with van der Waals surface area (Å²) in [4.78, 5) is 38.9. The Morgan fingerprint density at radius 2 is 1.66 bits per heavy atom. The third-order valence-electron chi connectivity index (χ3n) is 6.08. The minimum atomic E-state index is -0.115. The van der Waals surface area contributed by atoms with Crippen molar-refractivity contribution in [1.82, 2.24) is 19.8 Å². The molecular formula is C23H24N4O2. The van der Waals surface area contributed by atoms with Gasteiger partial charge in [-0.05, 0) is 32.1 Å². The second-order valence-corrected chi connectivity index (χ2v) is 8.02. The molecule has 5 rings (SSSR count). The third kappa shape index (κ3) is 3.18. The smallest absolute Gasteiger partial charge is 0.196 e. The Morgan fingerprint density at radius 3 is 2.41 bits per heavy atom. The van der Waals surface area contributed by atoms with Crippen molar-refractivity contribution in [2.24, 2.45) is 0 Å². The number of hydrogen-bond acceptors (Lipinski definition) is 5. The monoisotopic (exact) mass is 388 g/mol. The van der Waals surface area contributed by atoms with Gasteiger partial charge in [0.2, 0.25) is 0 Å². The van der Waals surface area contributed by atoms with E-state index in [1.807, 2.05) is 6.07 Å². The zero-order valence-electron chi connectivity index (χ0n) is 16.6. The van der Waals surface area contributed by atoms with Gasteiger partial charge < -0.3 is 14.8 Å². The molecule has 1 aliphatic carbocycles. The lowest BCUT2D eigenvalue weighted by Gasteiger charge is -2.32. The number of nitrogens with zero attached hydrogens (tertiary/aromatic N) is 3. The Balaban J connectivity index is 1.39. The summed E-state index contributed by atoms with van der Waals surface area (Å²) in [6.07, 6.45) is 1.84. The van der Waals surface area contributed by atoms with Crippen molar-refractivity contribution < 1.29 is 9.59 Å². The first-order valence-corrected chi connectivity index (χ1v) is 10.2. The van der Waals surface area contributed by atoms with Crippen LogP contribution in [0, 0.1) is 0 Å². The number of carbonyl (C=O) groups excluding carboxylic acids is 2. The first-order valence-electron chi connectivity index (χ1n) is 10.2.